The number of amides is 1. The summed E-state index contributed by atoms with van der Waals surface area (Å²) in [7, 11) is 3.72. The number of nitrogens with zero attached hydrogens (tertiary/aromatic N) is 1. The Morgan fingerprint density at radius 3 is 2.46 bits per heavy atom. The minimum Gasteiger partial charge on any atom is -0.396 e. The van der Waals surface area contributed by atoms with Crippen LogP contribution in [0.5, 0.6) is 0 Å². The number of hydrogen-bond donors (Lipinski definition) is 1. The second kappa shape index (κ2) is 6.58. The van der Waals surface area contributed by atoms with Gasteiger partial charge < -0.3 is 19.5 Å². The summed E-state index contributed by atoms with van der Waals surface area (Å²) in [5.41, 5.74) is 0.0474. The second-order valence-electron chi connectivity index (χ2n) is 8.28. The van der Waals surface area contributed by atoms with Crippen LogP contribution in [0.1, 0.15) is 46.0 Å². The summed E-state index contributed by atoms with van der Waals surface area (Å²) in [6.45, 7) is 6.16. The summed E-state index contributed by atoms with van der Waals surface area (Å²) >= 11 is 0. The molecule has 0 aromatic carbocycles. The first-order chi connectivity index (χ1) is 11.4. The third kappa shape index (κ3) is 2.35. The van der Waals surface area contributed by atoms with Crippen molar-refractivity contribution in [3.05, 3.63) is 0 Å². The van der Waals surface area contributed by atoms with E-state index < -0.39 is 0 Å². The van der Waals surface area contributed by atoms with Gasteiger partial charge in [-0.3, -0.25) is 4.79 Å². The predicted octanol–water partition coefficient (Wildman–Crippen LogP) is 2.07. The van der Waals surface area contributed by atoms with Gasteiger partial charge in [0.1, 0.15) is 0 Å². The number of ether oxygens (including phenoxy) is 2. The summed E-state index contributed by atoms with van der Waals surface area (Å²) in [5, 5.41) is 8.82. The van der Waals surface area contributed by atoms with E-state index in [2.05, 4.69) is 13.8 Å². The highest BCUT2D eigenvalue weighted by molar-refractivity contribution is 5.88. The van der Waals surface area contributed by atoms with Gasteiger partial charge in [0.25, 0.3) is 0 Å². The SMILES string of the molecule is COC1CC(N(C)C(=O)C23CC(COCCCCO)([C@H]2C)[C@H]3C)C1. The summed E-state index contributed by atoms with van der Waals surface area (Å²) in [4.78, 5) is 15.1. The average molecular weight is 339 g/mol. The van der Waals surface area contributed by atoms with Gasteiger partial charge in [-0.05, 0) is 43.9 Å². The van der Waals surface area contributed by atoms with E-state index in [0.717, 1.165) is 38.7 Å². The fourth-order valence-electron chi connectivity index (χ4n) is 5.44. The molecule has 5 nitrogen and oxygen atoms in total. The molecule has 5 heteroatoms. The van der Waals surface area contributed by atoms with Crippen molar-refractivity contribution in [2.45, 2.75) is 58.1 Å². The largest absolute Gasteiger partial charge is 0.396 e. The topological polar surface area (TPSA) is 59.0 Å². The second-order valence-corrected chi connectivity index (χ2v) is 8.28. The predicted molar refractivity (Wildman–Crippen MR) is 91.5 cm³/mol. The van der Waals surface area contributed by atoms with Crippen molar-refractivity contribution in [1.82, 2.24) is 4.90 Å². The number of carbonyl (C=O) groups is 1. The lowest BCUT2D eigenvalue weighted by atomic mass is 9.24. The van der Waals surface area contributed by atoms with Crippen molar-refractivity contribution in [2.75, 3.05) is 34.0 Å². The number of methoxy groups -OCH3 is 1. The van der Waals surface area contributed by atoms with Crippen molar-refractivity contribution < 1.29 is 19.4 Å². The molecule has 0 saturated heterocycles. The Morgan fingerprint density at radius 1 is 1.25 bits per heavy atom. The van der Waals surface area contributed by atoms with Crippen LogP contribution in [0.2, 0.25) is 0 Å². The lowest BCUT2D eigenvalue weighted by molar-refractivity contribution is -0.330. The van der Waals surface area contributed by atoms with Gasteiger partial charge in [0.15, 0.2) is 0 Å². The summed E-state index contributed by atoms with van der Waals surface area (Å²) < 4.78 is 11.2. The van der Waals surface area contributed by atoms with E-state index in [9.17, 15) is 4.79 Å². The summed E-state index contributed by atoms with van der Waals surface area (Å²) in [6.07, 6.45) is 4.95. The number of rotatable bonds is 9. The van der Waals surface area contributed by atoms with Gasteiger partial charge >= 0.3 is 0 Å². The van der Waals surface area contributed by atoms with Crippen molar-refractivity contribution in [1.29, 1.82) is 0 Å². The molecule has 1 amide bonds. The molecule has 24 heavy (non-hydrogen) atoms. The van der Waals surface area contributed by atoms with Crippen LogP contribution in [0.25, 0.3) is 0 Å². The van der Waals surface area contributed by atoms with Crippen LogP contribution < -0.4 is 0 Å². The molecular formula is C19H33NO4. The molecule has 0 unspecified atom stereocenters. The molecule has 4 rings (SSSR count). The Bertz CT molecular complexity index is 464. The average Bonchev–Trinajstić information content (AvgIpc) is 2.54. The third-order valence-corrected chi connectivity index (χ3v) is 7.63. The Balaban J connectivity index is 1.51. The van der Waals surface area contributed by atoms with Gasteiger partial charge in [0, 0.05) is 38.8 Å². The van der Waals surface area contributed by atoms with Crippen molar-refractivity contribution >= 4 is 5.91 Å². The first-order valence-electron chi connectivity index (χ1n) is 9.42. The molecule has 0 spiro atoms. The molecule has 0 aromatic heterocycles. The molecule has 0 radical (unpaired) electrons. The monoisotopic (exact) mass is 339 g/mol. The highest BCUT2D eigenvalue weighted by Crippen LogP contribution is 2.81. The maximum atomic E-state index is 13.1. The summed E-state index contributed by atoms with van der Waals surface area (Å²) in [5.74, 6) is 1.15. The highest BCUT2D eigenvalue weighted by Gasteiger charge is 2.82. The van der Waals surface area contributed by atoms with E-state index in [1.165, 1.54) is 0 Å². The van der Waals surface area contributed by atoms with E-state index >= 15 is 0 Å². The standard InChI is InChI=1S/C19H33NO4/c1-13-18(12-24-8-6-5-7-21)11-19(13,14(18)2)17(22)20(3)15-9-16(10-15)23-4/h13-16,21H,5-12H2,1-4H3/t13-,14-,15?,16?,18?,19?/m1/s1. The molecule has 2 bridgehead atoms. The Kier molecular flexibility index (Phi) is 4.98. The highest BCUT2D eigenvalue weighted by atomic mass is 16.5. The molecule has 2 atom stereocenters. The first kappa shape index (κ1) is 18.2. The minimum atomic E-state index is -0.151. The van der Waals surface area contributed by atoms with Gasteiger partial charge in [0.05, 0.1) is 18.1 Å². The number of unbranched alkanes of at least 4 members (excludes halogenated alkanes) is 1. The molecule has 1 N–H and O–H groups in total. The normalized spacial score (nSPS) is 42.7. The molecule has 0 heterocycles. The molecule has 0 aromatic rings. The Labute approximate surface area is 145 Å². The number of carbonyl (C=O) groups excluding carboxylic acids is 1. The molecule has 4 saturated carbocycles. The van der Waals surface area contributed by atoms with E-state index in [0.29, 0.717) is 36.5 Å². The van der Waals surface area contributed by atoms with Gasteiger partial charge in [-0.25, -0.2) is 0 Å². The van der Waals surface area contributed by atoms with Crippen molar-refractivity contribution in [3.8, 4) is 0 Å². The van der Waals surface area contributed by atoms with Crippen LogP contribution in [0.3, 0.4) is 0 Å². The third-order valence-electron chi connectivity index (χ3n) is 7.63. The lowest BCUT2D eigenvalue weighted by Gasteiger charge is -2.79. The van der Waals surface area contributed by atoms with Crippen molar-refractivity contribution in [3.63, 3.8) is 0 Å². The van der Waals surface area contributed by atoms with Crippen LogP contribution in [0.15, 0.2) is 0 Å². The smallest absolute Gasteiger partial charge is 0.229 e. The quantitative estimate of drug-likeness (QED) is 0.654. The molecule has 4 fully saturated rings. The van der Waals surface area contributed by atoms with E-state index in [1.807, 2.05) is 11.9 Å². The van der Waals surface area contributed by atoms with Crippen molar-refractivity contribution in [2.24, 2.45) is 22.7 Å². The zero-order valence-electron chi connectivity index (χ0n) is 15.6. The number of hydrogen-bond acceptors (Lipinski definition) is 4. The van der Waals surface area contributed by atoms with Crippen LogP contribution in [0, 0.1) is 22.7 Å². The fourth-order valence-corrected chi connectivity index (χ4v) is 5.44. The Hall–Kier alpha value is -0.650. The molecule has 4 aliphatic rings. The van der Waals surface area contributed by atoms with Gasteiger partial charge in [-0.1, -0.05) is 13.8 Å². The molecule has 4 aliphatic carbocycles. The molecule has 138 valence electrons. The Morgan fingerprint density at radius 2 is 1.92 bits per heavy atom. The van der Waals surface area contributed by atoms with E-state index in [-0.39, 0.29) is 17.4 Å². The zero-order valence-corrected chi connectivity index (χ0v) is 15.6. The van der Waals surface area contributed by atoms with Crippen LogP contribution in [-0.2, 0) is 14.3 Å². The molecular weight excluding hydrogens is 306 g/mol. The fraction of sp³-hybridized carbons (Fsp3) is 0.947. The maximum Gasteiger partial charge on any atom is 0.229 e. The van der Waals surface area contributed by atoms with Gasteiger partial charge in [-0.15, -0.1) is 0 Å². The van der Waals surface area contributed by atoms with Crippen LogP contribution in [0.4, 0.5) is 0 Å². The zero-order chi connectivity index (χ0) is 17.5. The van der Waals surface area contributed by atoms with Crippen LogP contribution >= 0.6 is 0 Å². The number of aliphatic hydroxyl groups is 1. The van der Waals surface area contributed by atoms with E-state index in [1.54, 1.807) is 7.11 Å². The lowest BCUT2D eigenvalue weighted by Crippen LogP contribution is -2.82. The van der Waals surface area contributed by atoms with E-state index in [4.69, 9.17) is 14.6 Å². The first-order valence-corrected chi connectivity index (χ1v) is 9.42. The maximum absolute atomic E-state index is 13.1. The minimum absolute atomic E-state index is 0.151. The van der Waals surface area contributed by atoms with Gasteiger partial charge in [-0.2, -0.15) is 0 Å². The van der Waals surface area contributed by atoms with Crippen LogP contribution in [-0.4, -0.2) is 62.0 Å². The number of aliphatic hydroxyl groups excluding tert-OH is 1. The molecule has 0 aliphatic heterocycles. The summed E-state index contributed by atoms with van der Waals surface area (Å²) in [6, 6.07) is 0.349. The van der Waals surface area contributed by atoms with Gasteiger partial charge in [0.2, 0.25) is 5.91 Å².